The number of para-hydroxylation sites is 1. The number of methoxy groups -OCH3 is 1. The molecule has 0 aromatic heterocycles. The van der Waals surface area contributed by atoms with Gasteiger partial charge in [0.25, 0.3) is 12.2 Å². The molecule has 5 nitrogen and oxygen atoms in total. The van der Waals surface area contributed by atoms with Gasteiger partial charge < -0.3 is 14.8 Å². The molecule has 16 heavy (non-hydrogen) atoms. The molecule has 0 fully saturated rings. The van der Waals surface area contributed by atoms with E-state index in [4.69, 9.17) is 9.47 Å². The normalized spacial score (nSPS) is 18.4. The van der Waals surface area contributed by atoms with Crippen LogP contribution in [-0.4, -0.2) is 25.1 Å². The molecule has 0 saturated carbocycles. The van der Waals surface area contributed by atoms with E-state index in [1.807, 2.05) is 0 Å². The van der Waals surface area contributed by atoms with E-state index in [2.05, 4.69) is 5.32 Å². The summed E-state index contributed by atoms with van der Waals surface area (Å²) < 4.78 is 10.1. The Balaban J connectivity index is 2.46. The molecule has 1 amide bonds. The summed E-state index contributed by atoms with van der Waals surface area (Å²) in [6.45, 7) is 1.43. The maximum Gasteiger partial charge on any atom is 0.294 e. The van der Waals surface area contributed by atoms with Gasteiger partial charge in [0.15, 0.2) is 5.78 Å². The Labute approximate surface area is 92.4 Å². The van der Waals surface area contributed by atoms with Gasteiger partial charge in [-0.1, -0.05) is 6.07 Å². The molecule has 1 aromatic rings. The third-order valence-electron chi connectivity index (χ3n) is 2.32. The number of amides is 1. The molecule has 0 saturated heterocycles. The predicted octanol–water partition coefficient (Wildman–Crippen LogP) is 1.19. The summed E-state index contributed by atoms with van der Waals surface area (Å²) in [4.78, 5) is 22.8. The number of hydrogen-bond donors (Lipinski definition) is 1. The average Bonchev–Trinajstić information content (AvgIpc) is 2.27. The van der Waals surface area contributed by atoms with E-state index in [0.717, 1.165) is 0 Å². The lowest BCUT2D eigenvalue weighted by atomic mass is 10.1. The number of anilines is 1. The fourth-order valence-corrected chi connectivity index (χ4v) is 1.56. The number of carbonyl (C=O) groups excluding carboxylic acids is 2. The van der Waals surface area contributed by atoms with Crippen molar-refractivity contribution in [1.29, 1.82) is 0 Å². The highest BCUT2D eigenvalue weighted by molar-refractivity contribution is 6.07. The zero-order valence-corrected chi connectivity index (χ0v) is 8.94. The lowest BCUT2D eigenvalue weighted by molar-refractivity contribution is -0.143. The Morgan fingerprint density at radius 1 is 1.50 bits per heavy atom. The van der Waals surface area contributed by atoms with Crippen LogP contribution >= 0.6 is 0 Å². The van der Waals surface area contributed by atoms with Crippen molar-refractivity contribution in [2.45, 2.75) is 13.2 Å². The second-order valence-electron chi connectivity index (χ2n) is 3.41. The van der Waals surface area contributed by atoms with Crippen LogP contribution in [0.2, 0.25) is 0 Å². The Morgan fingerprint density at radius 2 is 2.25 bits per heavy atom. The van der Waals surface area contributed by atoms with E-state index in [-0.39, 0.29) is 5.78 Å². The number of hydrogen-bond acceptors (Lipinski definition) is 4. The fourth-order valence-electron chi connectivity index (χ4n) is 1.56. The molecule has 1 atom stereocenters. The number of fused-ring (bicyclic) bond motifs is 1. The topological polar surface area (TPSA) is 64.6 Å². The quantitative estimate of drug-likeness (QED) is 0.762. The summed E-state index contributed by atoms with van der Waals surface area (Å²) in [6.07, 6.45) is -0.963. The number of ketones is 1. The summed E-state index contributed by atoms with van der Waals surface area (Å²) in [5.41, 5.74) is 0.841. The van der Waals surface area contributed by atoms with Crippen molar-refractivity contribution in [3.63, 3.8) is 0 Å². The van der Waals surface area contributed by atoms with E-state index in [1.165, 1.54) is 14.0 Å². The highest BCUT2D eigenvalue weighted by atomic mass is 16.7. The Morgan fingerprint density at radius 3 is 2.88 bits per heavy atom. The molecular weight excluding hydrogens is 210 g/mol. The SMILES string of the molecule is COC1Oc2cccc(C(C)=O)c2NC1=O. The minimum absolute atomic E-state index is 0.128. The number of Topliss-reactive ketones (excluding diaryl/α,β-unsaturated/α-hetero) is 1. The van der Waals surface area contributed by atoms with Gasteiger partial charge in [0.2, 0.25) is 0 Å². The first-order valence-corrected chi connectivity index (χ1v) is 4.77. The van der Waals surface area contributed by atoms with Gasteiger partial charge in [-0.2, -0.15) is 0 Å². The number of nitrogens with one attached hydrogen (secondary N) is 1. The van der Waals surface area contributed by atoms with Gasteiger partial charge in [0, 0.05) is 12.7 Å². The van der Waals surface area contributed by atoms with Crippen LogP contribution < -0.4 is 10.1 Å². The minimum Gasteiger partial charge on any atom is -0.453 e. The number of benzene rings is 1. The fraction of sp³-hybridized carbons (Fsp3) is 0.273. The van der Waals surface area contributed by atoms with Crippen molar-refractivity contribution in [3.8, 4) is 5.75 Å². The predicted molar refractivity (Wildman–Crippen MR) is 56.5 cm³/mol. The molecule has 2 rings (SSSR count). The van der Waals surface area contributed by atoms with Crippen LogP contribution in [0.25, 0.3) is 0 Å². The van der Waals surface area contributed by atoms with Gasteiger partial charge in [-0.3, -0.25) is 9.59 Å². The highest BCUT2D eigenvalue weighted by Crippen LogP contribution is 2.33. The van der Waals surface area contributed by atoms with E-state index >= 15 is 0 Å². The first-order chi connectivity index (χ1) is 7.63. The molecule has 0 bridgehead atoms. The molecule has 1 N–H and O–H groups in total. The Bertz CT molecular complexity index is 455. The molecule has 0 aliphatic carbocycles. The van der Waals surface area contributed by atoms with E-state index < -0.39 is 12.2 Å². The molecular formula is C11H11NO4. The van der Waals surface area contributed by atoms with Crippen molar-refractivity contribution in [3.05, 3.63) is 23.8 Å². The summed E-state index contributed by atoms with van der Waals surface area (Å²) in [5, 5.41) is 2.60. The van der Waals surface area contributed by atoms with Crippen molar-refractivity contribution >= 4 is 17.4 Å². The van der Waals surface area contributed by atoms with Crippen molar-refractivity contribution in [2.75, 3.05) is 12.4 Å². The van der Waals surface area contributed by atoms with Gasteiger partial charge >= 0.3 is 0 Å². The molecule has 1 aromatic carbocycles. The maximum atomic E-state index is 11.5. The van der Waals surface area contributed by atoms with Crippen LogP contribution in [0, 0.1) is 0 Å². The lowest BCUT2D eigenvalue weighted by Crippen LogP contribution is -2.38. The van der Waals surface area contributed by atoms with E-state index in [1.54, 1.807) is 18.2 Å². The molecule has 1 heterocycles. The second-order valence-corrected chi connectivity index (χ2v) is 3.41. The molecule has 84 valence electrons. The minimum atomic E-state index is -0.963. The zero-order valence-electron chi connectivity index (χ0n) is 8.94. The van der Waals surface area contributed by atoms with Gasteiger partial charge in [-0.05, 0) is 19.1 Å². The molecule has 1 aliphatic rings. The van der Waals surface area contributed by atoms with Gasteiger partial charge in [-0.25, -0.2) is 0 Å². The molecule has 0 spiro atoms. The van der Waals surface area contributed by atoms with Crippen LogP contribution in [-0.2, 0) is 9.53 Å². The van der Waals surface area contributed by atoms with Gasteiger partial charge in [0.1, 0.15) is 5.75 Å². The van der Waals surface area contributed by atoms with Crippen LogP contribution in [0.5, 0.6) is 5.75 Å². The summed E-state index contributed by atoms with van der Waals surface area (Å²) in [7, 11) is 1.38. The van der Waals surface area contributed by atoms with E-state index in [9.17, 15) is 9.59 Å². The summed E-state index contributed by atoms with van der Waals surface area (Å²) in [5.74, 6) is -0.0977. The number of carbonyl (C=O) groups is 2. The monoisotopic (exact) mass is 221 g/mol. The smallest absolute Gasteiger partial charge is 0.294 e. The average molecular weight is 221 g/mol. The zero-order chi connectivity index (χ0) is 11.7. The lowest BCUT2D eigenvalue weighted by Gasteiger charge is -2.25. The standard InChI is InChI=1S/C11H11NO4/c1-6(13)7-4-3-5-8-9(7)12-10(14)11(15-2)16-8/h3-5,11H,1-2H3,(H,12,14). The maximum absolute atomic E-state index is 11.5. The van der Waals surface area contributed by atoms with Crippen LogP contribution in [0.15, 0.2) is 18.2 Å². The van der Waals surface area contributed by atoms with Gasteiger partial charge in [0.05, 0.1) is 5.69 Å². The number of rotatable bonds is 2. The molecule has 1 aliphatic heterocycles. The molecule has 1 unspecified atom stereocenters. The summed E-state index contributed by atoms with van der Waals surface area (Å²) >= 11 is 0. The highest BCUT2D eigenvalue weighted by Gasteiger charge is 2.29. The third kappa shape index (κ3) is 1.65. The third-order valence-corrected chi connectivity index (χ3v) is 2.32. The first-order valence-electron chi connectivity index (χ1n) is 4.77. The van der Waals surface area contributed by atoms with Crippen molar-refractivity contribution in [2.24, 2.45) is 0 Å². The molecule has 0 radical (unpaired) electrons. The van der Waals surface area contributed by atoms with Gasteiger partial charge in [-0.15, -0.1) is 0 Å². The Hall–Kier alpha value is -1.88. The van der Waals surface area contributed by atoms with Crippen LogP contribution in [0.4, 0.5) is 5.69 Å². The van der Waals surface area contributed by atoms with Crippen molar-refractivity contribution in [1.82, 2.24) is 0 Å². The van der Waals surface area contributed by atoms with Crippen molar-refractivity contribution < 1.29 is 19.1 Å². The largest absolute Gasteiger partial charge is 0.453 e. The molecule has 5 heteroatoms. The number of ether oxygens (including phenoxy) is 2. The first kappa shape index (κ1) is 10.6. The van der Waals surface area contributed by atoms with Crippen LogP contribution in [0.1, 0.15) is 17.3 Å². The second kappa shape index (κ2) is 3.94. The van der Waals surface area contributed by atoms with E-state index in [0.29, 0.717) is 17.0 Å². The van der Waals surface area contributed by atoms with Crippen LogP contribution in [0.3, 0.4) is 0 Å². The summed E-state index contributed by atoms with van der Waals surface area (Å²) in [6, 6.07) is 5.00. The Kier molecular flexibility index (Phi) is 2.62.